The van der Waals surface area contributed by atoms with Crippen molar-refractivity contribution in [1.82, 2.24) is 0 Å². The fraction of sp³-hybridized carbons (Fsp3) is 0.933. The Morgan fingerprint density at radius 2 is 1.82 bits per heavy atom. The summed E-state index contributed by atoms with van der Waals surface area (Å²) in [4.78, 5) is 12.0. The minimum Gasteiger partial charge on any atom is -0.461 e. The van der Waals surface area contributed by atoms with Gasteiger partial charge in [0.2, 0.25) is 0 Å². The van der Waals surface area contributed by atoms with E-state index < -0.39 is 0 Å². The van der Waals surface area contributed by atoms with Gasteiger partial charge in [0, 0.05) is 5.41 Å². The van der Waals surface area contributed by atoms with Gasteiger partial charge in [-0.25, -0.2) is 0 Å². The number of hydrogen-bond acceptors (Lipinski definition) is 2. The Morgan fingerprint density at radius 1 is 1.24 bits per heavy atom. The molecular weight excluding hydrogens is 212 g/mol. The summed E-state index contributed by atoms with van der Waals surface area (Å²) in [5.41, 5.74) is 0.108. The molecule has 0 radical (unpaired) electrons. The van der Waals surface area contributed by atoms with Crippen molar-refractivity contribution < 1.29 is 9.53 Å². The predicted molar refractivity (Wildman–Crippen MR) is 68.6 cm³/mol. The highest BCUT2D eigenvalue weighted by Crippen LogP contribution is 2.66. The maximum absolute atomic E-state index is 12.0. The monoisotopic (exact) mass is 238 g/mol. The van der Waals surface area contributed by atoms with Gasteiger partial charge >= 0.3 is 5.97 Å². The van der Waals surface area contributed by atoms with Gasteiger partial charge in [-0.2, -0.15) is 0 Å². The molecule has 0 aromatic rings. The van der Waals surface area contributed by atoms with E-state index in [-0.39, 0.29) is 22.9 Å². The van der Waals surface area contributed by atoms with Gasteiger partial charge in [-0.05, 0) is 51.4 Å². The van der Waals surface area contributed by atoms with Gasteiger partial charge < -0.3 is 4.74 Å². The van der Waals surface area contributed by atoms with E-state index in [1.165, 1.54) is 12.8 Å². The zero-order chi connectivity index (χ0) is 13.1. The summed E-state index contributed by atoms with van der Waals surface area (Å²) in [5.74, 6) is 0.678. The van der Waals surface area contributed by atoms with E-state index in [0.717, 1.165) is 12.3 Å². The predicted octanol–water partition coefficient (Wildman–Crippen LogP) is 3.79. The summed E-state index contributed by atoms with van der Waals surface area (Å²) >= 11 is 0. The Hall–Kier alpha value is -0.530. The highest BCUT2D eigenvalue weighted by atomic mass is 16.5. The lowest BCUT2D eigenvalue weighted by Gasteiger charge is -2.39. The molecule has 2 fully saturated rings. The SMILES string of the molecule is CC(C)(C)C(=O)O[C@@H]1CC2CCC1(C)C2(C)C. The average molecular weight is 238 g/mol. The second kappa shape index (κ2) is 3.49. The number of carbonyl (C=O) groups is 1. The first-order valence-corrected chi connectivity index (χ1v) is 6.80. The van der Waals surface area contributed by atoms with E-state index in [2.05, 4.69) is 20.8 Å². The first-order valence-electron chi connectivity index (χ1n) is 6.80. The average Bonchev–Trinajstić information content (AvgIpc) is 2.49. The topological polar surface area (TPSA) is 26.3 Å². The van der Waals surface area contributed by atoms with Gasteiger partial charge in [0.25, 0.3) is 0 Å². The third kappa shape index (κ3) is 1.71. The Balaban J connectivity index is 2.14. The summed E-state index contributed by atoms with van der Waals surface area (Å²) in [6, 6.07) is 0. The molecule has 0 aromatic heterocycles. The molecule has 2 aliphatic carbocycles. The molecule has 2 aliphatic rings. The molecule has 0 spiro atoms. The van der Waals surface area contributed by atoms with Gasteiger partial charge in [0.15, 0.2) is 0 Å². The first-order chi connectivity index (χ1) is 7.59. The van der Waals surface area contributed by atoms with Crippen LogP contribution in [0.2, 0.25) is 0 Å². The van der Waals surface area contributed by atoms with Crippen molar-refractivity contribution in [2.75, 3.05) is 0 Å². The normalized spacial score (nSPS) is 39.4. The molecule has 0 amide bonds. The van der Waals surface area contributed by atoms with Crippen molar-refractivity contribution in [3.63, 3.8) is 0 Å². The van der Waals surface area contributed by atoms with E-state index >= 15 is 0 Å². The molecule has 2 unspecified atom stereocenters. The highest BCUT2D eigenvalue weighted by Gasteiger charge is 2.63. The minimum atomic E-state index is -0.387. The van der Waals surface area contributed by atoms with Crippen LogP contribution in [0.5, 0.6) is 0 Å². The molecular formula is C15H26O2. The van der Waals surface area contributed by atoms with Crippen LogP contribution in [-0.4, -0.2) is 12.1 Å². The third-order valence-corrected chi connectivity index (χ3v) is 5.58. The molecule has 0 N–H and O–H groups in total. The lowest BCUT2D eigenvalue weighted by Crippen LogP contribution is -2.40. The number of fused-ring (bicyclic) bond motifs is 2. The molecule has 0 aromatic carbocycles. The third-order valence-electron chi connectivity index (χ3n) is 5.58. The number of hydrogen-bond donors (Lipinski definition) is 0. The van der Waals surface area contributed by atoms with E-state index in [1.807, 2.05) is 20.8 Å². The molecule has 0 heterocycles. The molecule has 17 heavy (non-hydrogen) atoms. The number of rotatable bonds is 1. The second-order valence-electron chi connectivity index (χ2n) is 7.75. The van der Waals surface area contributed by atoms with E-state index in [1.54, 1.807) is 0 Å². The van der Waals surface area contributed by atoms with E-state index in [4.69, 9.17) is 4.74 Å². The lowest BCUT2D eigenvalue weighted by atomic mass is 9.70. The summed E-state index contributed by atoms with van der Waals surface area (Å²) in [6.07, 6.45) is 3.69. The van der Waals surface area contributed by atoms with Crippen LogP contribution in [0.4, 0.5) is 0 Å². The number of esters is 1. The molecule has 0 saturated heterocycles. The largest absolute Gasteiger partial charge is 0.461 e. The van der Waals surface area contributed by atoms with Gasteiger partial charge in [-0.1, -0.05) is 20.8 Å². The molecule has 2 bridgehead atoms. The Labute approximate surface area is 105 Å². The Kier molecular flexibility index (Phi) is 2.65. The van der Waals surface area contributed by atoms with Crippen molar-refractivity contribution in [1.29, 1.82) is 0 Å². The molecule has 2 rings (SSSR count). The summed E-state index contributed by atoms with van der Waals surface area (Å²) in [7, 11) is 0. The van der Waals surface area contributed by atoms with Crippen LogP contribution >= 0.6 is 0 Å². The minimum absolute atomic E-state index is 0.0490. The molecule has 3 atom stereocenters. The Bertz CT molecular complexity index is 337. The molecule has 2 saturated carbocycles. The van der Waals surface area contributed by atoms with Crippen LogP contribution in [0.15, 0.2) is 0 Å². The smallest absolute Gasteiger partial charge is 0.311 e. The second-order valence-corrected chi connectivity index (χ2v) is 7.75. The van der Waals surface area contributed by atoms with Gasteiger partial charge in [-0.15, -0.1) is 0 Å². The van der Waals surface area contributed by atoms with Crippen molar-refractivity contribution in [2.45, 2.75) is 66.9 Å². The van der Waals surface area contributed by atoms with Crippen LogP contribution in [-0.2, 0) is 9.53 Å². The number of carbonyl (C=O) groups excluding carboxylic acids is 1. The number of ether oxygens (including phenoxy) is 1. The quantitative estimate of drug-likeness (QED) is 0.650. The van der Waals surface area contributed by atoms with Crippen LogP contribution in [0.1, 0.15) is 60.8 Å². The van der Waals surface area contributed by atoms with Crippen LogP contribution < -0.4 is 0 Å². The Morgan fingerprint density at radius 3 is 2.18 bits per heavy atom. The van der Waals surface area contributed by atoms with Crippen LogP contribution in [0.3, 0.4) is 0 Å². The standard InChI is InChI=1S/C15H26O2/c1-13(2,3)12(16)17-11-9-10-7-8-15(11,6)14(10,4)5/h10-11H,7-9H2,1-6H3/t10?,11-,15?/m1/s1. The molecule has 2 heteroatoms. The van der Waals surface area contributed by atoms with Gasteiger partial charge in [0.05, 0.1) is 5.41 Å². The summed E-state index contributed by atoms with van der Waals surface area (Å²) in [5, 5.41) is 0. The van der Waals surface area contributed by atoms with Crippen molar-refractivity contribution in [3.8, 4) is 0 Å². The van der Waals surface area contributed by atoms with E-state index in [0.29, 0.717) is 5.41 Å². The van der Waals surface area contributed by atoms with Crippen LogP contribution in [0, 0.1) is 22.2 Å². The van der Waals surface area contributed by atoms with Crippen molar-refractivity contribution >= 4 is 5.97 Å². The maximum Gasteiger partial charge on any atom is 0.311 e. The molecule has 0 aliphatic heterocycles. The zero-order valence-corrected chi connectivity index (χ0v) is 12.1. The van der Waals surface area contributed by atoms with E-state index in [9.17, 15) is 4.79 Å². The zero-order valence-electron chi connectivity index (χ0n) is 12.1. The van der Waals surface area contributed by atoms with Crippen molar-refractivity contribution in [3.05, 3.63) is 0 Å². The fourth-order valence-electron chi connectivity index (χ4n) is 3.61. The molecule has 2 nitrogen and oxygen atoms in total. The van der Waals surface area contributed by atoms with Crippen LogP contribution in [0.25, 0.3) is 0 Å². The lowest BCUT2D eigenvalue weighted by molar-refractivity contribution is -0.166. The van der Waals surface area contributed by atoms with Crippen molar-refractivity contribution in [2.24, 2.45) is 22.2 Å². The van der Waals surface area contributed by atoms with Gasteiger partial charge in [-0.3, -0.25) is 4.79 Å². The summed E-state index contributed by atoms with van der Waals surface area (Å²) in [6.45, 7) is 12.8. The summed E-state index contributed by atoms with van der Waals surface area (Å²) < 4.78 is 5.81. The van der Waals surface area contributed by atoms with Gasteiger partial charge in [0.1, 0.15) is 6.10 Å². The highest BCUT2D eigenvalue weighted by molar-refractivity contribution is 5.75. The molecule has 98 valence electrons. The maximum atomic E-state index is 12.0. The fourth-order valence-corrected chi connectivity index (χ4v) is 3.61. The first kappa shape index (κ1) is 12.9.